The number of halogens is 2. The Kier molecular flexibility index (Phi) is 10.3. The number of carbonyl (C=O) groups excluding carboxylic acids is 3. The highest BCUT2D eigenvalue weighted by atomic mass is 79.9. The molecule has 0 unspecified atom stereocenters. The van der Waals surface area contributed by atoms with Crippen molar-refractivity contribution in [3.8, 4) is 11.5 Å². The first kappa shape index (κ1) is 35.9. The Morgan fingerprint density at radius 2 is 1.48 bits per heavy atom. The van der Waals surface area contributed by atoms with Crippen molar-refractivity contribution in [2.75, 3.05) is 25.1 Å². The first-order valence-corrected chi connectivity index (χ1v) is 18.4. The second-order valence-electron chi connectivity index (χ2n) is 15.0. The van der Waals surface area contributed by atoms with Crippen molar-refractivity contribution in [1.82, 2.24) is 4.90 Å². The van der Waals surface area contributed by atoms with E-state index in [0.29, 0.717) is 63.8 Å². The lowest BCUT2D eigenvalue weighted by atomic mass is 9.63. The van der Waals surface area contributed by atoms with Gasteiger partial charge in [-0.15, -0.1) is 0 Å². The Morgan fingerprint density at radius 3 is 2.06 bits per heavy atom. The van der Waals surface area contributed by atoms with E-state index in [9.17, 15) is 14.4 Å². The molecule has 0 aromatic heterocycles. The van der Waals surface area contributed by atoms with Crippen molar-refractivity contribution in [3.05, 3.63) is 110 Å². The average molecular weight is 760 g/mol. The maximum absolute atomic E-state index is 14.3. The number of anilines is 1. The van der Waals surface area contributed by atoms with Gasteiger partial charge in [0.1, 0.15) is 0 Å². The van der Waals surface area contributed by atoms with E-state index in [1.165, 1.54) is 5.56 Å². The van der Waals surface area contributed by atoms with Gasteiger partial charge >= 0.3 is 0 Å². The summed E-state index contributed by atoms with van der Waals surface area (Å²) in [6, 6.07) is 21.0. The molecule has 7 nitrogen and oxygen atoms in total. The SMILES string of the molecule is CCOc1cc(C2C3=C(CC(C)(C)CC3=O)N(CCc3ccccc3)C3=C2C(=O)CC(C)(C)C3)cc(Br)c1OCC(=O)Nc1ccc(Cl)cc1. The summed E-state index contributed by atoms with van der Waals surface area (Å²) in [5.41, 5.74) is 5.59. The first-order valence-electron chi connectivity index (χ1n) is 17.2. The van der Waals surface area contributed by atoms with E-state index in [4.69, 9.17) is 21.1 Å². The molecule has 3 aliphatic rings. The standard InChI is InChI=1S/C41H44BrClN2O5/c1-6-49-34-19-26(18-29(42)39(34)50-24-35(48)44-28-14-12-27(43)13-15-28)36-37-30(20-40(2,3)22-32(37)46)45(17-16-25-10-8-7-9-11-25)31-21-41(4,5)23-33(47)38(31)36/h7-15,18-19,36H,6,16-17,20-24H2,1-5H3,(H,44,48). The largest absolute Gasteiger partial charge is 0.490 e. The molecule has 262 valence electrons. The van der Waals surface area contributed by atoms with Crippen LogP contribution < -0.4 is 14.8 Å². The third kappa shape index (κ3) is 7.71. The van der Waals surface area contributed by atoms with Crippen LogP contribution >= 0.6 is 27.5 Å². The molecule has 0 atom stereocenters. The molecule has 1 N–H and O–H groups in total. The van der Waals surface area contributed by atoms with E-state index >= 15 is 0 Å². The van der Waals surface area contributed by atoms with E-state index in [1.54, 1.807) is 24.3 Å². The molecule has 0 saturated carbocycles. The first-order chi connectivity index (χ1) is 23.7. The highest BCUT2D eigenvalue weighted by Gasteiger charge is 2.49. The molecule has 0 bridgehead atoms. The highest BCUT2D eigenvalue weighted by Crippen LogP contribution is 2.55. The van der Waals surface area contributed by atoms with Gasteiger partial charge in [-0.1, -0.05) is 69.6 Å². The molecule has 9 heteroatoms. The van der Waals surface area contributed by atoms with Crippen molar-refractivity contribution in [3.63, 3.8) is 0 Å². The van der Waals surface area contributed by atoms with Crippen LogP contribution in [0.3, 0.4) is 0 Å². The minimum Gasteiger partial charge on any atom is -0.490 e. The van der Waals surface area contributed by atoms with Crippen LogP contribution in [0.4, 0.5) is 5.69 Å². The number of ether oxygens (including phenoxy) is 2. The van der Waals surface area contributed by atoms with Gasteiger partial charge in [0, 0.05) is 58.6 Å². The molecular weight excluding hydrogens is 716 g/mol. The van der Waals surface area contributed by atoms with Gasteiger partial charge in [0.25, 0.3) is 5.91 Å². The summed E-state index contributed by atoms with van der Waals surface area (Å²) in [6.45, 7) is 11.3. The van der Waals surface area contributed by atoms with Gasteiger partial charge in [-0.2, -0.15) is 0 Å². The highest BCUT2D eigenvalue weighted by molar-refractivity contribution is 9.10. The number of carbonyl (C=O) groups is 3. The number of allylic oxidation sites excluding steroid dienone is 4. The summed E-state index contributed by atoms with van der Waals surface area (Å²) >= 11 is 9.68. The van der Waals surface area contributed by atoms with Crippen LogP contribution in [0, 0.1) is 10.8 Å². The average Bonchev–Trinajstić information content (AvgIpc) is 3.03. The number of amides is 1. The van der Waals surface area contributed by atoms with E-state index < -0.39 is 5.92 Å². The molecule has 3 aromatic carbocycles. The zero-order chi connectivity index (χ0) is 35.8. The van der Waals surface area contributed by atoms with Gasteiger partial charge < -0.3 is 19.7 Å². The monoisotopic (exact) mass is 758 g/mol. The van der Waals surface area contributed by atoms with Crippen molar-refractivity contribution in [1.29, 1.82) is 0 Å². The number of ketones is 2. The van der Waals surface area contributed by atoms with Gasteiger partial charge in [-0.05, 0) is 100 Å². The molecule has 1 heterocycles. The van der Waals surface area contributed by atoms with Crippen molar-refractivity contribution < 1.29 is 23.9 Å². The second-order valence-corrected chi connectivity index (χ2v) is 16.3. The van der Waals surface area contributed by atoms with Gasteiger partial charge in [0.2, 0.25) is 0 Å². The van der Waals surface area contributed by atoms with Crippen LogP contribution in [0.2, 0.25) is 5.02 Å². The van der Waals surface area contributed by atoms with Crippen LogP contribution in [0.15, 0.2) is 93.7 Å². The summed E-state index contributed by atoms with van der Waals surface area (Å²) < 4.78 is 12.7. The maximum Gasteiger partial charge on any atom is 0.262 e. The second kappa shape index (κ2) is 14.4. The lowest BCUT2D eigenvalue weighted by molar-refractivity contribution is -0.120. The number of nitrogens with zero attached hydrogens (tertiary/aromatic N) is 1. The van der Waals surface area contributed by atoms with Gasteiger partial charge in [0.15, 0.2) is 29.7 Å². The molecule has 2 aliphatic carbocycles. The Bertz CT molecular complexity index is 1830. The summed E-state index contributed by atoms with van der Waals surface area (Å²) in [5.74, 6) is 0.0609. The van der Waals surface area contributed by atoms with Crippen molar-refractivity contribution >= 4 is 50.7 Å². The van der Waals surface area contributed by atoms with E-state index in [1.807, 2.05) is 37.3 Å². The van der Waals surface area contributed by atoms with Crippen LogP contribution in [0.1, 0.15) is 77.3 Å². The molecule has 0 fully saturated rings. The lowest BCUT2D eigenvalue weighted by Gasteiger charge is -2.49. The molecule has 1 amide bonds. The third-order valence-electron chi connectivity index (χ3n) is 9.63. The number of benzene rings is 3. The molecule has 6 rings (SSSR count). The lowest BCUT2D eigenvalue weighted by Crippen LogP contribution is -2.45. The number of nitrogens with one attached hydrogen (secondary N) is 1. The molecule has 50 heavy (non-hydrogen) atoms. The maximum atomic E-state index is 14.3. The van der Waals surface area contributed by atoms with Crippen LogP contribution in [0.25, 0.3) is 0 Å². The Morgan fingerprint density at radius 1 is 0.880 bits per heavy atom. The predicted molar refractivity (Wildman–Crippen MR) is 201 cm³/mol. The number of hydrogen-bond acceptors (Lipinski definition) is 6. The normalized spacial score (nSPS) is 18.5. The smallest absolute Gasteiger partial charge is 0.262 e. The third-order valence-corrected chi connectivity index (χ3v) is 10.5. The van der Waals surface area contributed by atoms with Gasteiger partial charge in [-0.25, -0.2) is 0 Å². The Labute approximate surface area is 308 Å². The molecule has 0 radical (unpaired) electrons. The fraction of sp³-hybridized carbons (Fsp3) is 0.390. The molecular formula is C41H44BrClN2O5. The number of hydrogen-bond donors (Lipinski definition) is 1. The Balaban J connectivity index is 1.41. The fourth-order valence-corrected chi connectivity index (χ4v) is 8.26. The van der Waals surface area contributed by atoms with Crippen LogP contribution in [0.5, 0.6) is 11.5 Å². The van der Waals surface area contributed by atoms with Crippen LogP contribution in [-0.2, 0) is 20.8 Å². The molecule has 1 aliphatic heterocycles. The fourth-order valence-electron chi connectivity index (χ4n) is 7.56. The molecule has 3 aromatic rings. The zero-order valence-corrected chi connectivity index (χ0v) is 31.7. The minimum atomic E-state index is -0.544. The van der Waals surface area contributed by atoms with Crippen LogP contribution in [-0.4, -0.2) is 42.1 Å². The number of Topliss-reactive ketones (excluding diaryl/α,β-unsaturated/α-hetero) is 2. The van der Waals surface area contributed by atoms with E-state index in [2.05, 4.69) is 66.0 Å². The molecule has 0 saturated heterocycles. The summed E-state index contributed by atoms with van der Waals surface area (Å²) in [6.07, 6.45) is 3.06. The minimum absolute atomic E-state index is 0.0726. The Hall–Kier alpha value is -3.88. The van der Waals surface area contributed by atoms with Gasteiger partial charge in [-0.3, -0.25) is 14.4 Å². The van der Waals surface area contributed by atoms with Crippen molar-refractivity contribution in [2.24, 2.45) is 10.8 Å². The topological polar surface area (TPSA) is 84.9 Å². The van der Waals surface area contributed by atoms with E-state index in [-0.39, 0.29) is 34.9 Å². The van der Waals surface area contributed by atoms with Gasteiger partial charge in [0.05, 0.1) is 11.1 Å². The number of rotatable bonds is 10. The van der Waals surface area contributed by atoms with Crippen molar-refractivity contribution in [2.45, 2.75) is 72.6 Å². The quantitative estimate of drug-likeness (QED) is 0.222. The zero-order valence-electron chi connectivity index (χ0n) is 29.3. The van der Waals surface area contributed by atoms with E-state index in [0.717, 1.165) is 36.2 Å². The summed E-state index contributed by atoms with van der Waals surface area (Å²) in [5, 5.41) is 3.39. The molecule has 0 spiro atoms. The summed E-state index contributed by atoms with van der Waals surface area (Å²) in [4.78, 5) is 43.8. The summed E-state index contributed by atoms with van der Waals surface area (Å²) in [7, 11) is 0. The predicted octanol–water partition coefficient (Wildman–Crippen LogP) is 9.45.